The summed E-state index contributed by atoms with van der Waals surface area (Å²) in [5, 5.41) is 11.2. The van der Waals surface area contributed by atoms with E-state index in [2.05, 4.69) is 5.32 Å². The Morgan fingerprint density at radius 3 is 2.85 bits per heavy atom. The smallest absolute Gasteiger partial charge is 0.263 e. The van der Waals surface area contributed by atoms with Crippen LogP contribution in [0.15, 0.2) is 0 Å². The van der Waals surface area contributed by atoms with Crippen LogP contribution in [0.2, 0.25) is 0 Å². The molecule has 0 aromatic rings. The van der Waals surface area contributed by atoms with Crippen molar-refractivity contribution in [2.24, 2.45) is 0 Å². The van der Waals surface area contributed by atoms with Gasteiger partial charge in [0.05, 0.1) is 18.5 Å². The third-order valence-corrected chi connectivity index (χ3v) is 2.40. The maximum atomic E-state index is 13.1. The molecule has 1 N–H and O–H groups in total. The molecular formula is C9H14F2N2. The second-order valence-electron chi connectivity index (χ2n) is 3.64. The molecule has 2 nitrogen and oxygen atoms in total. The van der Waals surface area contributed by atoms with Crippen LogP contribution in [0.1, 0.15) is 32.6 Å². The summed E-state index contributed by atoms with van der Waals surface area (Å²) in [6.07, 6.45) is 1.35. The Morgan fingerprint density at radius 1 is 1.69 bits per heavy atom. The van der Waals surface area contributed by atoms with Gasteiger partial charge in [-0.05, 0) is 19.8 Å². The van der Waals surface area contributed by atoms with Gasteiger partial charge in [0.25, 0.3) is 5.92 Å². The molecule has 2 atom stereocenters. The number of nitrogens with zero attached hydrogens (tertiary/aromatic N) is 1. The van der Waals surface area contributed by atoms with Gasteiger partial charge in [-0.1, -0.05) is 0 Å². The van der Waals surface area contributed by atoms with E-state index >= 15 is 0 Å². The van der Waals surface area contributed by atoms with Crippen LogP contribution in [0.3, 0.4) is 0 Å². The first-order chi connectivity index (χ1) is 6.06. The summed E-state index contributed by atoms with van der Waals surface area (Å²) in [4.78, 5) is 0. The highest BCUT2D eigenvalue weighted by molar-refractivity contribution is 4.92. The number of hydrogen-bond donors (Lipinski definition) is 1. The molecular weight excluding hydrogens is 174 g/mol. The zero-order valence-electron chi connectivity index (χ0n) is 7.69. The zero-order chi connectivity index (χ0) is 9.90. The van der Waals surface area contributed by atoms with E-state index in [1.54, 1.807) is 6.92 Å². The van der Waals surface area contributed by atoms with Crippen LogP contribution in [-0.2, 0) is 0 Å². The minimum Gasteiger partial charge on any atom is -0.305 e. The van der Waals surface area contributed by atoms with E-state index in [1.165, 1.54) is 0 Å². The van der Waals surface area contributed by atoms with E-state index in [0.29, 0.717) is 12.8 Å². The van der Waals surface area contributed by atoms with Crippen molar-refractivity contribution >= 4 is 0 Å². The molecule has 0 heterocycles. The van der Waals surface area contributed by atoms with Gasteiger partial charge in [-0.25, -0.2) is 8.78 Å². The highest BCUT2D eigenvalue weighted by Crippen LogP contribution is 2.35. The number of nitriles is 1. The summed E-state index contributed by atoms with van der Waals surface area (Å²) in [6.45, 7) is 1.76. The summed E-state index contributed by atoms with van der Waals surface area (Å²) in [5.41, 5.74) is 0. The van der Waals surface area contributed by atoms with Crippen molar-refractivity contribution in [1.29, 1.82) is 5.26 Å². The predicted octanol–water partition coefficient (Wildman–Crippen LogP) is 2.07. The number of nitrogens with one attached hydrogen (secondary N) is 1. The van der Waals surface area contributed by atoms with Gasteiger partial charge in [0.15, 0.2) is 0 Å². The highest BCUT2D eigenvalue weighted by Gasteiger charge is 2.43. The van der Waals surface area contributed by atoms with Gasteiger partial charge in [0, 0.05) is 12.5 Å². The van der Waals surface area contributed by atoms with E-state index < -0.39 is 12.0 Å². The van der Waals surface area contributed by atoms with Gasteiger partial charge >= 0.3 is 0 Å². The van der Waals surface area contributed by atoms with E-state index in [9.17, 15) is 8.78 Å². The number of hydrogen-bond acceptors (Lipinski definition) is 2. The molecule has 1 rings (SSSR count). The monoisotopic (exact) mass is 188 g/mol. The van der Waals surface area contributed by atoms with Crippen LogP contribution in [0.4, 0.5) is 8.78 Å². The largest absolute Gasteiger partial charge is 0.305 e. The van der Waals surface area contributed by atoms with Crippen molar-refractivity contribution in [3.63, 3.8) is 0 Å². The molecule has 1 aliphatic carbocycles. The topological polar surface area (TPSA) is 35.8 Å². The minimum absolute atomic E-state index is 0.0239. The summed E-state index contributed by atoms with van der Waals surface area (Å²) in [5.74, 6) is -2.58. The number of alkyl halides is 2. The molecule has 0 amide bonds. The molecule has 0 saturated heterocycles. The van der Waals surface area contributed by atoms with Crippen LogP contribution in [0.5, 0.6) is 0 Å². The van der Waals surface area contributed by atoms with Crippen molar-refractivity contribution in [1.82, 2.24) is 5.32 Å². The van der Waals surface area contributed by atoms with E-state index in [0.717, 1.165) is 0 Å². The summed E-state index contributed by atoms with van der Waals surface area (Å²) in [6, 6.07) is 1.10. The quantitative estimate of drug-likeness (QED) is 0.735. The van der Waals surface area contributed by atoms with E-state index in [1.807, 2.05) is 6.07 Å². The fourth-order valence-corrected chi connectivity index (χ4v) is 1.67. The Labute approximate surface area is 76.9 Å². The molecule has 1 aliphatic rings. The first-order valence-corrected chi connectivity index (χ1v) is 4.57. The van der Waals surface area contributed by atoms with Crippen molar-refractivity contribution in [2.75, 3.05) is 0 Å². The second-order valence-corrected chi connectivity index (χ2v) is 3.64. The predicted molar refractivity (Wildman–Crippen MR) is 45.4 cm³/mol. The van der Waals surface area contributed by atoms with Gasteiger partial charge in [-0.15, -0.1) is 0 Å². The Bertz CT molecular complexity index is 210. The Kier molecular flexibility index (Phi) is 3.21. The molecule has 1 fully saturated rings. The highest BCUT2D eigenvalue weighted by atomic mass is 19.3. The van der Waals surface area contributed by atoms with Crippen molar-refractivity contribution in [2.45, 2.75) is 50.6 Å². The van der Waals surface area contributed by atoms with Gasteiger partial charge < -0.3 is 5.32 Å². The van der Waals surface area contributed by atoms with Crippen LogP contribution < -0.4 is 5.32 Å². The fraction of sp³-hybridized carbons (Fsp3) is 0.889. The SMILES string of the molecule is CC(CC#N)NC1CCCC1(F)F. The molecule has 0 spiro atoms. The lowest BCUT2D eigenvalue weighted by atomic mass is 10.1. The van der Waals surface area contributed by atoms with E-state index in [-0.39, 0.29) is 18.9 Å². The van der Waals surface area contributed by atoms with Crippen LogP contribution in [0, 0.1) is 11.3 Å². The average Bonchev–Trinajstić information content (AvgIpc) is 2.31. The number of halogens is 2. The molecule has 0 radical (unpaired) electrons. The molecule has 2 unspecified atom stereocenters. The third kappa shape index (κ3) is 2.63. The van der Waals surface area contributed by atoms with Crippen LogP contribution in [0.25, 0.3) is 0 Å². The molecule has 13 heavy (non-hydrogen) atoms. The van der Waals surface area contributed by atoms with Crippen molar-refractivity contribution < 1.29 is 8.78 Å². The lowest BCUT2D eigenvalue weighted by molar-refractivity contribution is -0.0204. The second kappa shape index (κ2) is 4.01. The molecule has 0 aromatic heterocycles. The Morgan fingerprint density at radius 2 is 2.38 bits per heavy atom. The van der Waals surface area contributed by atoms with Gasteiger partial charge in [-0.2, -0.15) is 5.26 Å². The normalized spacial score (nSPS) is 28.3. The standard InChI is InChI=1S/C9H14F2N2/c1-7(4-6-12)13-8-3-2-5-9(8,10)11/h7-8,13H,2-5H2,1H3. The molecule has 1 saturated carbocycles. The lowest BCUT2D eigenvalue weighted by Gasteiger charge is -2.23. The zero-order valence-corrected chi connectivity index (χ0v) is 7.69. The van der Waals surface area contributed by atoms with Crippen molar-refractivity contribution in [3.8, 4) is 6.07 Å². The van der Waals surface area contributed by atoms with E-state index in [4.69, 9.17) is 5.26 Å². The first kappa shape index (κ1) is 10.4. The summed E-state index contributed by atoms with van der Waals surface area (Å²) < 4.78 is 26.1. The minimum atomic E-state index is -2.58. The Balaban J connectivity index is 2.41. The first-order valence-electron chi connectivity index (χ1n) is 4.57. The molecule has 74 valence electrons. The van der Waals surface area contributed by atoms with Gasteiger partial charge in [-0.3, -0.25) is 0 Å². The number of rotatable bonds is 3. The maximum absolute atomic E-state index is 13.1. The average molecular weight is 188 g/mol. The molecule has 0 aliphatic heterocycles. The molecule has 0 bridgehead atoms. The van der Waals surface area contributed by atoms with Crippen LogP contribution in [-0.4, -0.2) is 18.0 Å². The molecule has 0 aromatic carbocycles. The maximum Gasteiger partial charge on any atom is 0.263 e. The van der Waals surface area contributed by atoms with Gasteiger partial charge in [0.1, 0.15) is 0 Å². The van der Waals surface area contributed by atoms with Crippen LogP contribution >= 0.6 is 0 Å². The van der Waals surface area contributed by atoms with Crippen molar-refractivity contribution in [3.05, 3.63) is 0 Å². The summed E-state index contributed by atoms with van der Waals surface area (Å²) in [7, 11) is 0. The molecule has 4 heteroatoms. The Hall–Kier alpha value is -0.690. The lowest BCUT2D eigenvalue weighted by Crippen LogP contribution is -2.44. The summed E-state index contributed by atoms with van der Waals surface area (Å²) >= 11 is 0. The third-order valence-electron chi connectivity index (χ3n) is 2.40. The fourth-order valence-electron chi connectivity index (χ4n) is 1.67. The van der Waals surface area contributed by atoms with Gasteiger partial charge in [0.2, 0.25) is 0 Å².